The molecule has 0 fully saturated rings. The number of hydrogen-bond donors (Lipinski definition) is 2. The largest absolute Gasteiger partial charge is 0.508 e. The smallest absolute Gasteiger partial charge is 0.119 e. The van der Waals surface area contributed by atoms with E-state index in [0.717, 1.165) is 18.4 Å². The molecule has 0 saturated carbocycles. The predicted molar refractivity (Wildman–Crippen MR) is 101 cm³/mol. The van der Waals surface area contributed by atoms with E-state index in [4.69, 9.17) is 0 Å². The fourth-order valence-corrected chi connectivity index (χ4v) is 3.27. The van der Waals surface area contributed by atoms with Crippen LogP contribution in [0.5, 0.6) is 11.5 Å². The molecule has 2 rings (SSSR count). The first-order valence-corrected chi connectivity index (χ1v) is 8.63. The minimum absolute atomic E-state index is 0.0252. The lowest BCUT2D eigenvalue weighted by Crippen LogP contribution is -2.20. The van der Waals surface area contributed by atoms with E-state index in [-0.39, 0.29) is 10.8 Å². The van der Waals surface area contributed by atoms with Crippen LogP contribution in [-0.2, 0) is 17.3 Å². The molecule has 0 amide bonds. The summed E-state index contributed by atoms with van der Waals surface area (Å²) in [5.41, 5.74) is 4.53. The van der Waals surface area contributed by atoms with E-state index < -0.39 is 0 Å². The first-order chi connectivity index (χ1) is 11.0. The van der Waals surface area contributed by atoms with Gasteiger partial charge >= 0.3 is 0 Å². The molecular formula is C22H30O2. The Morgan fingerprint density at radius 3 is 2.12 bits per heavy atom. The fourth-order valence-electron chi connectivity index (χ4n) is 3.27. The molecule has 0 aliphatic carbocycles. The van der Waals surface area contributed by atoms with Gasteiger partial charge in [0, 0.05) is 0 Å². The van der Waals surface area contributed by atoms with Crippen molar-refractivity contribution in [1.29, 1.82) is 0 Å². The molecule has 0 heterocycles. The van der Waals surface area contributed by atoms with Gasteiger partial charge in [0.2, 0.25) is 0 Å². The molecule has 0 saturated heterocycles. The molecule has 0 spiro atoms. The van der Waals surface area contributed by atoms with Crippen molar-refractivity contribution in [2.75, 3.05) is 0 Å². The lowest BCUT2D eigenvalue weighted by molar-refractivity contribution is 0.444. The van der Waals surface area contributed by atoms with Crippen molar-refractivity contribution in [3.8, 4) is 11.5 Å². The Balaban J connectivity index is 2.22. The molecular weight excluding hydrogens is 296 g/mol. The van der Waals surface area contributed by atoms with E-state index in [1.165, 1.54) is 16.7 Å². The summed E-state index contributed by atoms with van der Waals surface area (Å²) in [5.74, 6) is 0.692. The molecule has 0 aromatic heterocycles. The Morgan fingerprint density at radius 2 is 1.50 bits per heavy atom. The minimum atomic E-state index is -0.0720. The highest BCUT2D eigenvalue weighted by Gasteiger charge is 2.24. The summed E-state index contributed by atoms with van der Waals surface area (Å²) in [5, 5.41) is 19.9. The Bertz CT molecular complexity index is 721. The van der Waals surface area contributed by atoms with Crippen molar-refractivity contribution >= 4 is 0 Å². The molecule has 0 radical (unpaired) electrons. The van der Waals surface area contributed by atoms with Gasteiger partial charge < -0.3 is 10.2 Å². The zero-order chi connectivity index (χ0) is 18.1. The van der Waals surface area contributed by atoms with E-state index in [9.17, 15) is 10.2 Å². The molecule has 2 heteroatoms. The van der Waals surface area contributed by atoms with Crippen LogP contribution < -0.4 is 0 Å². The minimum Gasteiger partial charge on any atom is -0.508 e. The van der Waals surface area contributed by atoms with E-state index in [2.05, 4.69) is 47.6 Å². The maximum absolute atomic E-state index is 10.1. The van der Waals surface area contributed by atoms with Crippen LogP contribution in [0.2, 0.25) is 0 Å². The van der Waals surface area contributed by atoms with Gasteiger partial charge in [-0.25, -0.2) is 0 Å². The summed E-state index contributed by atoms with van der Waals surface area (Å²) in [4.78, 5) is 0. The summed E-state index contributed by atoms with van der Waals surface area (Å²) in [6.45, 7) is 12.9. The Hall–Kier alpha value is -1.96. The first kappa shape index (κ1) is 18.4. The Labute approximate surface area is 146 Å². The summed E-state index contributed by atoms with van der Waals surface area (Å²) >= 11 is 0. The zero-order valence-electron chi connectivity index (χ0n) is 15.8. The van der Waals surface area contributed by atoms with Crippen LogP contribution in [0.4, 0.5) is 0 Å². The average Bonchev–Trinajstić information content (AvgIpc) is 2.47. The standard InChI is InChI=1S/C22H30O2/c1-15-7-9-17(23)14-18(15)22(5,6)12-11-16-8-10-20(24)19(13-16)21(2,3)4/h7-10,13-14,23-24H,11-12H2,1-6H3. The van der Waals surface area contributed by atoms with Gasteiger partial charge in [-0.1, -0.05) is 52.8 Å². The van der Waals surface area contributed by atoms with Crippen molar-refractivity contribution in [3.05, 3.63) is 58.7 Å². The third-order valence-corrected chi connectivity index (χ3v) is 4.86. The number of phenols is 2. The lowest BCUT2D eigenvalue weighted by Gasteiger charge is -2.28. The van der Waals surface area contributed by atoms with Crippen LogP contribution in [0.1, 0.15) is 63.3 Å². The maximum Gasteiger partial charge on any atom is 0.119 e. The number of aryl methyl sites for hydroxylation is 2. The molecule has 0 aliphatic heterocycles. The van der Waals surface area contributed by atoms with Gasteiger partial charge in [0.05, 0.1) is 0 Å². The maximum atomic E-state index is 10.1. The van der Waals surface area contributed by atoms with Crippen LogP contribution in [0.25, 0.3) is 0 Å². The molecule has 2 aromatic carbocycles. The summed E-state index contributed by atoms with van der Waals surface area (Å²) < 4.78 is 0. The highest BCUT2D eigenvalue weighted by molar-refractivity contribution is 5.41. The average molecular weight is 326 g/mol. The van der Waals surface area contributed by atoms with Crippen LogP contribution >= 0.6 is 0 Å². The van der Waals surface area contributed by atoms with E-state index in [1.807, 2.05) is 24.3 Å². The van der Waals surface area contributed by atoms with Crippen molar-refractivity contribution in [2.24, 2.45) is 0 Å². The molecule has 0 unspecified atom stereocenters. The van der Waals surface area contributed by atoms with E-state index in [1.54, 1.807) is 6.07 Å². The number of benzene rings is 2. The van der Waals surface area contributed by atoms with Crippen LogP contribution in [0.15, 0.2) is 36.4 Å². The summed E-state index contributed by atoms with van der Waals surface area (Å²) in [6.07, 6.45) is 1.91. The van der Waals surface area contributed by atoms with Gasteiger partial charge in [-0.05, 0) is 71.0 Å². The quantitative estimate of drug-likeness (QED) is 0.766. The third-order valence-electron chi connectivity index (χ3n) is 4.86. The van der Waals surface area contributed by atoms with Gasteiger partial charge in [0.1, 0.15) is 11.5 Å². The van der Waals surface area contributed by atoms with Gasteiger partial charge in [-0.3, -0.25) is 0 Å². The molecule has 2 nitrogen and oxygen atoms in total. The second kappa shape index (κ2) is 6.51. The van der Waals surface area contributed by atoms with Crippen molar-refractivity contribution in [3.63, 3.8) is 0 Å². The second-order valence-corrected chi connectivity index (χ2v) is 8.48. The second-order valence-electron chi connectivity index (χ2n) is 8.48. The fraction of sp³-hybridized carbons (Fsp3) is 0.455. The number of aromatic hydroxyl groups is 2. The van der Waals surface area contributed by atoms with Crippen molar-refractivity contribution in [2.45, 2.75) is 65.2 Å². The van der Waals surface area contributed by atoms with E-state index in [0.29, 0.717) is 11.5 Å². The van der Waals surface area contributed by atoms with Gasteiger partial charge in [0.15, 0.2) is 0 Å². The van der Waals surface area contributed by atoms with Crippen molar-refractivity contribution < 1.29 is 10.2 Å². The molecule has 24 heavy (non-hydrogen) atoms. The monoisotopic (exact) mass is 326 g/mol. The van der Waals surface area contributed by atoms with Crippen LogP contribution in [0, 0.1) is 6.92 Å². The highest BCUT2D eigenvalue weighted by atomic mass is 16.3. The predicted octanol–water partition coefficient (Wildman–Crippen LogP) is 5.61. The molecule has 0 bridgehead atoms. The SMILES string of the molecule is Cc1ccc(O)cc1C(C)(C)CCc1ccc(O)c(C(C)(C)C)c1. The van der Waals surface area contributed by atoms with Gasteiger partial charge in [-0.2, -0.15) is 0 Å². The molecule has 130 valence electrons. The van der Waals surface area contributed by atoms with Crippen LogP contribution in [-0.4, -0.2) is 10.2 Å². The Kier molecular flexibility index (Phi) is 4.98. The highest BCUT2D eigenvalue weighted by Crippen LogP contribution is 2.35. The van der Waals surface area contributed by atoms with Crippen LogP contribution in [0.3, 0.4) is 0 Å². The molecule has 0 atom stereocenters. The third kappa shape index (κ3) is 4.11. The zero-order valence-corrected chi connectivity index (χ0v) is 15.8. The first-order valence-electron chi connectivity index (χ1n) is 8.63. The lowest BCUT2D eigenvalue weighted by atomic mass is 9.77. The topological polar surface area (TPSA) is 40.5 Å². The Morgan fingerprint density at radius 1 is 0.833 bits per heavy atom. The number of hydrogen-bond acceptors (Lipinski definition) is 2. The number of phenolic OH excluding ortho intramolecular Hbond substituents is 2. The summed E-state index contributed by atoms with van der Waals surface area (Å²) in [7, 11) is 0. The molecule has 2 aromatic rings. The summed E-state index contributed by atoms with van der Waals surface area (Å²) in [6, 6.07) is 11.5. The van der Waals surface area contributed by atoms with Crippen molar-refractivity contribution in [1.82, 2.24) is 0 Å². The molecule has 0 aliphatic rings. The normalized spacial score (nSPS) is 12.4. The van der Waals surface area contributed by atoms with E-state index >= 15 is 0 Å². The number of rotatable bonds is 4. The van der Waals surface area contributed by atoms with Gasteiger partial charge in [0.25, 0.3) is 0 Å². The van der Waals surface area contributed by atoms with Gasteiger partial charge in [-0.15, -0.1) is 0 Å². The molecule has 2 N–H and O–H groups in total.